The first-order valence-electron chi connectivity index (χ1n) is 6.13. The van der Waals surface area contributed by atoms with Crippen molar-refractivity contribution < 1.29 is 4.79 Å². The third kappa shape index (κ3) is 3.10. The predicted molar refractivity (Wildman–Crippen MR) is 78.2 cm³/mol. The summed E-state index contributed by atoms with van der Waals surface area (Å²) in [6.07, 6.45) is 1.74. The van der Waals surface area contributed by atoms with Gasteiger partial charge in [-0.25, -0.2) is 0 Å². The lowest BCUT2D eigenvalue weighted by Crippen LogP contribution is -2.05. The van der Waals surface area contributed by atoms with E-state index in [0.29, 0.717) is 11.7 Å². The molecule has 0 aliphatic heterocycles. The van der Waals surface area contributed by atoms with Crippen molar-refractivity contribution in [1.29, 1.82) is 0 Å². The molecule has 0 N–H and O–H groups in total. The van der Waals surface area contributed by atoms with E-state index in [-0.39, 0.29) is 5.78 Å². The Kier molecular flexibility index (Phi) is 4.37. The lowest BCUT2D eigenvalue weighted by Gasteiger charge is -2.06. The molecule has 0 saturated carbocycles. The van der Waals surface area contributed by atoms with Crippen molar-refractivity contribution in [3.05, 3.63) is 42.1 Å². The molecule has 0 saturated heterocycles. The summed E-state index contributed by atoms with van der Waals surface area (Å²) >= 11 is 1.70. The molecule has 3 heteroatoms. The highest BCUT2D eigenvalue weighted by atomic mass is 32.2. The number of thioether (sulfide) groups is 1. The number of hydrogen-bond acceptors (Lipinski definition) is 3. The Hall–Kier alpha value is -1.35. The van der Waals surface area contributed by atoms with E-state index in [4.69, 9.17) is 0 Å². The molecule has 1 heterocycles. The lowest BCUT2D eigenvalue weighted by molar-refractivity contribution is 0.102. The second-order valence-corrected chi connectivity index (χ2v) is 5.74. The number of nitrogens with zero attached hydrogens (tertiary/aromatic N) is 1. The number of benzene rings is 1. The number of aromatic nitrogens is 1. The summed E-state index contributed by atoms with van der Waals surface area (Å²) in [6, 6.07) is 9.66. The third-order valence-electron chi connectivity index (χ3n) is 2.62. The number of para-hydroxylation sites is 1. The summed E-state index contributed by atoms with van der Waals surface area (Å²) in [5, 5.41) is 1.03. The minimum Gasteiger partial charge on any atom is -0.293 e. The van der Waals surface area contributed by atoms with Gasteiger partial charge in [-0.1, -0.05) is 32.0 Å². The molecule has 0 aliphatic carbocycles. The highest BCUT2D eigenvalue weighted by Gasteiger charge is 2.10. The van der Waals surface area contributed by atoms with Gasteiger partial charge in [0.25, 0.3) is 0 Å². The number of carbonyl (C=O) groups excluding carboxylic acids is 1. The zero-order valence-corrected chi connectivity index (χ0v) is 11.5. The Labute approximate surface area is 112 Å². The SMILES string of the molecule is CC(C)CSCC(=O)c1cccc2cccnc12. The molecule has 2 rings (SSSR count). The van der Waals surface area contributed by atoms with Gasteiger partial charge in [-0.2, -0.15) is 11.8 Å². The number of ketones is 1. The monoisotopic (exact) mass is 259 g/mol. The number of carbonyl (C=O) groups is 1. The predicted octanol–water partition coefficient (Wildman–Crippen LogP) is 3.81. The van der Waals surface area contributed by atoms with Gasteiger partial charge in [0, 0.05) is 17.1 Å². The van der Waals surface area contributed by atoms with E-state index in [1.807, 2.05) is 30.3 Å². The van der Waals surface area contributed by atoms with Crippen molar-refractivity contribution >= 4 is 28.4 Å². The van der Waals surface area contributed by atoms with Crippen molar-refractivity contribution in [2.45, 2.75) is 13.8 Å². The van der Waals surface area contributed by atoms with Gasteiger partial charge < -0.3 is 0 Å². The molecule has 1 aromatic heterocycles. The van der Waals surface area contributed by atoms with Gasteiger partial charge in [0.2, 0.25) is 0 Å². The molecule has 94 valence electrons. The smallest absolute Gasteiger partial charge is 0.174 e. The molecule has 0 atom stereocenters. The lowest BCUT2D eigenvalue weighted by atomic mass is 10.1. The first-order chi connectivity index (χ1) is 8.68. The van der Waals surface area contributed by atoms with Crippen LogP contribution in [0.3, 0.4) is 0 Å². The third-order valence-corrected chi connectivity index (χ3v) is 3.99. The van der Waals surface area contributed by atoms with E-state index >= 15 is 0 Å². The maximum absolute atomic E-state index is 12.2. The van der Waals surface area contributed by atoms with E-state index in [2.05, 4.69) is 18.8 Å². The van der Waals surface area contributed by atoms with Crippen LogP contribution >= 0.6 is 11.8 Å². The Balaban J connectivity index is 2.17. The van der Waals surface area contributed by atoms with Gasteiger partial charge in [-0.3, -0.25) is 9.78 Å². The summed E-state index contributed by atoms with van der Waals surface area (Å²) in [5.74, 6) is 2.34. The zero-order valence-electron chi connectivity index (χ0n) is 10.7. The van der Waals surface area contributed by atoms with E-state index in [1.165, 1.54) is 0 Å². The Morgan fingerprint density at radius 1 is 1.28 bits per heavy atom. The fraction of sp³-hybridized carbons (Fsp3) is 0.333. The molecule has 0 fully saturated rings. The van der Waals surface area contributed by atoms with Gasteiger partial charge in [0.15, 0.2) is 5.78 Å². The maximum atomic E-state index is 12.2. The molecule has 2 aromatic rings. The molecular formula is C15H17NOS. The molecule has 18 heavy (non-hydrogen) atoms. The summed E-state index contributed by atoms with van der Waals surface area (Å²) < 4.78 is 0. The van der Waals surface area contributed by atoms with Crippen molar-refractivity contribution in [1.82, 2.24) is 4.98 Å². The minimum absolute atomic E-state index is 0.171. The Morgan fingerprint density at radius 2 is 2.06 bits per heavy atom. The van der Waals surface area contributed by atoms with Crippen LogP contribution in [0.15, 0.2) is 36.5 Å². The molecule has 0 unspecified atom stereocenters. The van der Waals surface area contributed by atoms with Crippen LogP contribution in [0.25, 0.3) is 10.9 Å². The number of pyridine rings is 1. The van der Waals surface area contributed by atoms with Crippen LogP contribution in [0.2, 0.25) is 0 Å². The number of hydrogen-bond donors (Lipinski definition) is 0. The fourth-order valence-electron chi connectivity index (χ4n) is 1.79. The van der Waals surface area contributed by atoms with E-state index in [1.54, 1.807) is 18.0 Å². The van der Waals surface area contributed by atoms with E-state index in [0.717, 1.165) is 22.2 Å². The van der Waals surface area contributed by atoms with Crippen LogP contribution in [0.1, 0.15) is 24.2 Å². The highest BCUT2D eigenvalue weighted by molar-refractivity contribution is 7.99. The summed E-state index contributed by atoms with van der Waals surface area (Å²) in [4.78, 5) is 16.5. The standard InChI is InChI=1S/C15H17NOS/c1-11(2)9-18-10-14(17)13-7-3-5-12-6-4-8-16-15(12)13/h3-8,11H,9-10H2,1-2H3. The summed E-state index contributed by atoms with van der Waals surface area (Å²) in [5.41, 5.74) is 1.56. The molecule has 0 spiro atoms. The normalized spacial score (nSPS) is 11.1. The second-order valence-electron chi connectivity index (χ2n) is 4.71. The molecular weight excluding hydrogens is 242 g/mol. The van der Waals surface area contributed by atoms with Crippen LogP contribution in [0.5, 0.6) is 0 Å². The van der Waals surface area contributed by atoms with Crippen molar-refractivity contribution in [2.75, 3.05) is 11.5 Å². The fourth-order valence-corrected chi connectivity index (χ4v) is 2.72. The first kappa shape index (κ1) is 13.1. The summed E-state index contributed by atoms with van der Waals surface area (Å²) in [7, 11) is 0. The first-order valence-corrected chi connectivity index (χ1v) is 7.28. The largest absolute Gasteiger partial charge is 0.293 e. The summed E-state index contributed by atoms with van der Waals surface area (Å²) in [6.45, 7) is 4.33. The molecule has 0 radical (unpaired) electrons. The number of Topliss-reactive ketones (excluding diaryl/α,β-unsaturated/α-hetero) is 1. The minimum atomic E-state index is 0.171. The van der Waals surface area contributed by atoms with Crippen molar-refractivity contribution in [3.63, 3.8) is 0 Å². The quantitative estimate of drug-likeness (QED) is 0.765. The van der Waals surface area contributed by atoms with Crippen LogP contribution in [-0.4, -0.2) is 22.3 Å². The number of fused-ring (bicyclic) bond motifs is 1. The Morgan fingerprint density at radius 3 is 2.83 bits per heavy atom. The van der Waals surface area contributed by atoms with Crippen molar-refractivity contribution in [2.24, 2.45) is 5.92 Å². The second kappa shape index (κ2) is 6.01. The van der Waals surface area contributed by atoms with E-state index in [9.17, 15) is 4.79 Å². The average Bonchev–Trinajstić information content (AvgIpc) is 2.37. The zero-order chi connectivity index (χ0) is 13.0. The molecule has 1 aromatic carbocycles. The van der Waals surface area contributed by atoms with Gasteiger partial charge in [0.05, 0.1) is 11.3 Å². The highest BCUT2D eigenvalue weighted by Crippen LogP contribution is 2.18. The maximum Gasteiger partial charge on any atom is 0.174 e. The van der Waals surface area contributed by atoms with Gasteiger partial charge >= 0.3 is 0 Å². The molecule has 0 amide bonds. The number of rotatable bonds is 5. The topological polar surface area (TPSA) is 30.0 Å². The Bertz CT molecular complexity index is 546. The van der Waals surface area contributed by atoms with Gasteiger partial charge in [-0.15, -0.1) is 0 Å². The van der Waals surface area contributed by atoms with Crippen LogP contribution in [0.4, 0.5) is 0 Å². The van der Waals surface area contributed by atoms with E-state index < -0.39 is 0 Å². The van der Waals surface area contributed by atoms with Crippen molar-refractivity contribution in [3.8, 4) is 0 Å². The van der Waals surface area contributed by atoms with Gasteiger partial charge in [0.1, 0.15) is 0 Å². The van der Waals surface area contributed by atoms with Crippen LogP contribution in [0, 0.1) is 5.92 Å². The average molecular weight is 259 g/mol. The van der Waals surface area contributed by atoms with Crippen LogP contribution < -0.4 is 0 Å². The van der Waals surface area contributed by atoms with Crippen LogP contribution in [-0.2, 0) is 0 Å². The molecule has 0 bridgehead atoms. The molecule has 2 nitrogen and oxygen atoms in total. The van der Waals surface area contributed by atoms with Gasteiger partial charge in [-0.05, 0) is 23.8 Å². The molecule has 0 aliphatic rings.